The molecule has 1 heterocycles. The van der Waals surface area contributed by atoms with Gasteiger partial charge in [0.15, 0.2) is 6.17 Å². The third-order valence-electron chi connectivity index (χ3n) is 4.10. The molecule has 0 saturated carbocycles. The predicted octanol–water partition coefficient (Wildman–Crippen LogP) is 6.19. The molecule has 9 heteroatoms. The predicted molar refractivity (Wildman–Crippen MR) is 113 cm³/mol. The molecule has 0 spiro atoms. The molecule has 1 aromatic heterocycles. The van der Waals surface area contributed by atoms with Crippen LogP contribution in [-0.2, 0) is 11.2 Å². The van der Waals surface area contributed by atoms with E-state index in [1.165, 1.54) is 6.07 Å². The molecule has 0 radical (unpaired) electrons. The minimum Gasteiger partial charge on any atom is -0.478 e. The number of thiophene rings is 1. The number of carboxylic acids is 1. The van der Waals surface area contributed by atoms with Crippen molar-refractivity contribution in [3.05, 3.63) is 74.3 Å². The molecule has 0 aliphatic heterocycles. The van der Waals surface area contributed by atoms with Crippen molar-refractivity contribution < 1.29 is 23.5 Å². The lowest BCUT2D eigenvalue weighted by Crippen LogP contribution is -2.26. The van der Waals surface area contributed by atoms with Gasteiger partial charge in [-0.05, 0) is 35.4 Å². The third kappa shape index (κ3) is 5.01. The van der Waals surface area contributed by atoms with Crippen LogP contribution in [0.5, 0.6) is 0 Å². The Hall–Kier alpha value is -2.29. The number of hydrogen-bond acceptors (Lipinski definition) is 3. The second-order valence-electron chi connectivity index (χ2n) is 6.06. The molecule has 3 aromatic rings. The van der Waals surface area contributed by atoms with Crippen LogP contribution in [0.1, 0.15) is 15.9 Å². The maximum absolute atomic E-state index is 14.4. The average molecular weight is 501 g/mol. The van der Waals surface area contributed by atoms with Crippen molar-refractivity contribution in [3.8, 4) is 11.1 Å². The molecule has 0 aliphatic rings. The van der Waals surface area contributed by atoms with Crippen molar-refractivity contribution in [3.63, 3.8) is 0 Å². The molecule has 2 N–H and O–H groups in total. The van der Waals surface area contributed by atoms with E-state index in [0.717, 1.165) is 27.9 Å². The van der Waals surface area contributed by atoms with Crippen LogP contribution in [0.3, 0.4) is 0 Å². The van der Waals surface area contributed by atoms with Crippen molar-refractivity contribution >= 4 is 55.7 Å². The molecule has 1 unspecified atom stereocenters. The number of hydrogen-bond donors (Lipinski definition) is 2. The van der Waals surface area contributed by atoms with Gasteiger partial charge < -0.3 is 10.4 Å². The van der Waals surface area contributed by atoms with Gasteiger partial charge in [-0.2, -0.15) is 0 Å². The summed E-state index contributed by atoms with van der Waals surface area (Å²) in [5, 5.41) is 13.6. The number of rotatable bonds is 6. The van der Waals surface area contributed by atoms with Gasteiger partial charge in [-0.3, -0.25) is 4.79 Å². The van der Waals surface area contributed by atoms with Gasteiger partial charge in [0.1, 0.15) is 16.4 Å². The molecule has 1 amide bonds. The molecule has 4 nitrogen and oxygen atoms in total. The van der Waals surface area contributed by atoms with Gasteiger partial charge in [0.05, 0.1) is 0 Å². The number of halogens is 4. The highest BCUT2D eigenvalue weighted by Crippen LogP contribution is 2.36. The van der Waals surface area contributed by atoms with Crippen molar-refractivity contribution in [1.82, 2.24) is 0 Å². The molecule has 0 bridgehead atoms. The number of carboxylic acid groups (broad SMARTS) is 1. The van der Waals surface area contributed by atoms with E-state index >= 15 is 0 Å². The number of benzene rings is 2. The van der Waals surface area contributed by atoms with Crippen LogP contribution in [0.15, 0.2) is 52.3 Å². The maximum atomic E-state index is 14.4. The highest BCUT2D eigenvalue weighted by atomic mass is 79.9. The Balaban J connectivity index is 1.81. The summed E-state index contributed by atoms with van der Waals surface area (Å²) < 4.78 is 28.4. The Morgan fingerprint density at radius 1 is 1.21 bits per heavy atom. The molecule has 0 fully saturated rings. The van der Waals surface area contributed by atoms with E-state index in [0.29, 0.717) is 11.1 Å². The fourth-order valence-corrected chi connectivity index (χ4v) is 4.14. The number of alkyl halides is 1. The zero-order valence-electron chi connectivity index (χ0n) is 14.6. The number of nitrogens with one attached hydrogen (secondary N) is 1. The summed E-state index contributed by atoms with van der Waals surface area (Å²) >= 11 is 10.2. The van der Waals surface area contributed by atoms with E-state index in [1.807, 2.05) is 0 Å². The first-order valence-corrected chi connectivity index (χ1v) is 10.3. The minimum atomic E-state index is -1.99. The van der Waals surface area contributed by atoms with E-state index in [1.54, 1.807) is 29.6 Å². The van der Waals surface area contributed by atoms with Gasteiger partial charge in [0.2, 0.25) is 0 Å². The molecule has 0 aliphatic carbocycles. The first-order valence-electron chi connectivity index (χ1n) is 8.26. The third-order valence-corrected chi connectivity index (χ3v) is 5.87. The highest BCUT2D eigenvalue weighted by Gasteiger charge is 2.25. The van der Waals surface area contributed by atoms with E-state index in [2.05, 4.69) is 21.2 Å². The lowest BCUT2D eigenvalue weighted by Gasteiger charge is -2.11. The Bertz CT molecular complexity index is 1070. The van der Waals surface area contributed by atoms with Gasteiger partial charge in [-0.15, -0.1) is 11.3 Å². The molecule has 2 aromatic carbocycles. The Labute approximate surface area is 182 Å². The van der Waals surface area contributed by atoms with Gasteiger partial charge in [-0.1, -0.05) is 45.7 Å². The topological polar surface area (TPSA) is 66.4 Å². The van der Waals surface area contributed by atoms with Gasteiger partial charge >= 0.3 is 5.97 Å². The van der Waals surface area contributed by atoms with Crippen LogP contribution in [0.2, 0.25) is 5.02 Å². The Morgan fingerprint density at radius 2 is 1.90 bits per heavy atom. The average Bonchev–Trinajstić information content (AvgIpc) is 3.08. The summed E-state index contributed by atoms with van der Waals surface area (Å²) in [5.74, 6) is -2.81. The second-order valence-corrected chi connectivity index (χ2v) is 8.26. The molecular formula is C20H13BrClF2NO3S. The number of anilines is 1. The number of carbonyl (C=O) groups excluding carboxylic acids is 1. The summed E-state index contributed by atoms with van der Waals surface area (Å²) in [5.41, 5.74) is 1.23. The Kier molecular flexibility index (Phi) is 6.66. The van der Waals surface area contributed by atoms with Crippen LogP contribution in [0, 0.1) is 5.82 Å². The van der Waals surface area contributed by atoms with Crippen LogP contribution < -0.4 is 5.32 Å². The molecule has 29 heavy (non-hydrogen) atoms. The molecule has 3 rings (SSSR count). The SMILES string of the molecule is O=C(O)c1c(-c2ccc(Br)cc2)csc1NC(=O)C(F)Cc1ccc(F)cc1Cl. The fourth-order valence-electron chi connectivity index (χ4n) is 2.67. The number of amides is 1. The van der Waals surface area contributed by atoms with Gasteiger partial charge in [-0.25, -0.2) is 13.6 Å². The molecular weight excluding hydrogens is 488 g/mol. The number of aromatic carboxylic acids is 1. The van der Waals surface area contributed by atoms with Crippen molar-refractivity contribution in [2.45, 2.75) is 12.6 Å². The zero-order valence-corrected chi connectivity index (χ0v) is 17.7. The summed E-state index contributed by atoms with van der Waals surface area (Å²) in [6.45, 7) is 0. The summed E-state index contributed by atoms with van der Waals surface area (Å²) in [6.07, 6.45) is -2.35. The monoisotopic (exact) mass is 499 g/mol. The van der Waals surface area contributed by atoms with E-state index in [4.69, 9.17) is 11.6 Å². The van der Waals surface area contributed by atoms with Gasteiger partial charge in [0, 0.05) is 26.9 Å². The second kappa shape index (κ2) is 9.02. The first-order chi connectivity index (χ1) is 13.8. The molecule has 1 atom stereocenters. The lowest BCUT2D eigenvalue weighted by molar-refractivity contribution is -0.120. The molecule has 150 valence electrons. The van der Waals surface area contributed by atoms with E-state index < -0.39 is 23.9 Å². The highest BCUT2D eigenvalue weighted by molar-refractivity contribution is 9.10. The van der Waals surface area contributed by atoms with Gasteiger partial charge in [0.25, 0.3) is 5.91 Å². The van der Waals surface area contributed by atoms with E-state index in [9.17, 15) is 23.5 Å². The van der Waals surface area contributed by atoms with Crippen molar-refractivity contribution in [2.24, 2.45) is 0 Å². The van der Waals surface area contributed by atoms with Crippen LogP contribution in [-0.4, -0.2) is 23.2 Å². The summed E-state index contributed by atoms with van der Waals surface area (Å²) in [6, 6.07) is 10.5. The summed E-state index contributed by atoms with van der Waals surface area (Å²) in [7, 11) is 0. The first kappa shape index (κ1) is 21.4. The minimum absolute atomic E-state index is 0.0142. The quantitative estimate of drug-likeness (QED) is 0.424. The smallest absolute Gasteiger partial charge is 0.339 e. The molecule has 0 saturated heterocycles. The van der Waals surface area contributed by atoms with Crippen LogP contribution in [0.25, 0.3) is 11.1 Å². The van der Waals surface area contributed by atoms with Crippen LogP contribution >= 0.6 is 38.9 Å². The largest absolute Gasteiger partial charge is 0.478 e. The normalized spacial score (nSPS) is 11.9. The standard InChI is InChI=1S/C20H13BrClF2NO3S/c21-12-4-1-10(2-5-12)14-9-29-19(17(14)20(27)28)25-18(26)16(24)7-11-3-6-13(23)8-15(11)22/h1-6,8-9,16H,7H2,(H,25,26)(H,27,28). The fraction of sp³-hybridized carbons (Fsp3) is 0.100. The summed E-state index contributed by atoms with van der Waals surface area (Å²) in [4.78, 5) is 24.0. The van der Waals surface area contributed by atoms with Crippen molar-refractivity contribution in [2.75, 3.05) is 5.32 Å². The zero-order chi connectivity index (χ0) is 21.1. The Morgan fingerprint density at radius 3 is 2.52 bits per heavy atom. The van der Waals surface area contributed by atoms with Crippen LogP contribution in [0.4, 0.5) is 13.8 Å². The van der Waals surface area contributed by atoms with Crippen molar-refractivity contribution in [1.29, 1.82) is 0 Å². The van der Waals surface area contributed by atoms with E-state index in [-0.39, 0.29) is 27.6 Å². The maximum Gasteiger partial charge on any atom is 0.339 e. The lowest BCUT2D eigenvalue weighted by atomic mass is 10.0. The number of carbonyl (C=O) groups is 2.